The average molecular weight is 335 g/mol. The molecule has 1 fully saturated rings. The molecule has 7 heteroatoms. The number of anilines is 1. The zero-order valence-corrected chi connectivity index (χ0v) is 13.7. The Morgan fingerprint density at radius 1 is 1.45 bits per heavy atom. The maximum Gasteiger partial charge on any atom is 0.319 e. The monoisotopic (exact) mass is 335 g/mol. The summed E-state index contributed by atoms with van der Waals surface area (Å²) in [6, 6.07) is 6.79. The summed E-state index contributed by atoms with van der Waals surface area (Å²) >= 11 is 1.56. The van der Waals surface area contributed by atoms with Crippen LogP contribution in [0.2, 0.25) is 0 Å². The zero-order valence-electron chi connectivity index (χ0n) is 12.1. The Hall–Kier alpha value is -1.73. The molecular formula is C15H17N3O2S2. The number of aromatic nitrogens is 1. The Bertz CT molecular complexity index is 684. The molecule has 2 atom stereocenters. The molecule has 22 heavy (non-hydrogen) atoms. The predicted octanol–water partition coefficient (Wildman–Crippen LogP) is 3.15. The number of nitrogens with zero attached hydrogens (tertiary/aromatic N) is 1. The van der Waals surface area contributed by atoms with E-state index in [1.807, 2.05) is 5.38 Å². The van der Waals surface area contributed by atoms with Gasteiger partial charge in [-0.25, -0.2) is 9.78 Å². The van der Waals surface area contributed by atoms with Gasteiger partial charge in [0.2, 0.25) is 0 Å². The van der Waals surface area contributed by atoms with Gasteiger partial charge < -0.3 is 10.6 Å². The third-order valence-corrected chi connectivity index (χ3v) is 5.30. The molecule has 1 heterocycles. The molecule has 2 N–H and O–H groups in total. The van der Waals surface area contributed by atoms with E-state index in [2.05, 4.69) is 15.6 Å². The van der Waals surface area contributed by atoms with E-state index in [4.69, 9.17) is 0 Å². The number of urea groups is 1. The van der Waals surface area contributed by atoms with E-state index in [-0.39, 0.29) is 12.1 Å². The first-order valence-electron chi connectivity index (χ1n) is 7.04. The predicted molar refractivity (Wildman–Crippen MR) is 88.5 cm³/mol. The highest BCUT2D eigenvalue weighted by Crippen LogP contribution is 2.41. The molecular weight excluding hydrogens is 318 g/mol. The van der Waals surface area contributed by atoms with Crippen LogP contribution >= 0.6 is 11.3 Å². The Kier molecular flexibility index (Phi) is 4.54. The van der Waals surface area contributed by atoms with Crippen LogP contribution in [0.5, 0.6) is 0 Å². The topological polar surface area (TPSA) is 71.1 Å². The van der Waals surface area contributed by atoms with Gasteiger partial charge in [0.05, 0.1) is 6.04 Å². The maximum absolute atomic E-state index is 12.2. The largest absolute Gasteiger partial charge is 0.328 e. The molecule has 116 valence electrons. The fourth-order valence-corrected chi connectivity index (χ4v) is 3.60. The zero-order chi connectivity index (χ0) is 15.5. The van der Waals surface area contributed by atoms with Gasteiger partial charge in [-0.15, -0.1) is 11.3 Å². The van der Waals surface area contributed by atoms with Crippen molar-refractivity contribution in [3.8, 4) is 0 Å². The SMILES string of the molecule is C[S@](=O)c1cccc(NC(=O)N[C@@H](c2nccs2)C2CC2)c1. The summed E-state index contributed by atoms with van der Waals surface area (Å²) in [6.45, 7) is 0. The number of hydrogen-bond donors (Lipinski definition) is 2. The number of carbonyl (C=O) groups excluding carboxylic acids is 1. The number of carbonyl (C=O) groups is 1. The molecule has 1 saturated carbocycles. The van der Waals surface area contributed by atoms with Crippen molar-refractivity contribution in [1.29, 1.82) is 0 Å². The fraction of sp³-hybridized carbons (Fsp3) is 0.333. The summed E-state index contributed by atoms with van der Waals surface area (Å²) in [5, 5.41) is 8.67. The summed E-state index contributed by atoms with van der Waals surface area (Å²) < 4.78 is 11.5. The molecule has 2 amide bonds. The Morgan fingerprint density at radius 2 is 2.27 bits per heavy atom. The van der Waals surface area contributed by atoms with E-state index in [9.17, 15) is 9.00 Å². The second-order valence-corrected chi connectivity index (χ2v) is 7.57. The van der Waals surface area contributed by atoms with E-state index in [0.29, 0.717) is 16.5 Å². The molecule has 0 spiro atoms. The molecule has 1 aliphatic rings. The number of benzene rings is 1. The van der Waals surface area contributed by atoms with Gasteiger partial charge in [-0.05, 0) is 37.0 Å². The number of rotatable bonds is 5. The van der Waals surface area contributed by atoms with Gasteiger partial charge in [-0.1, -0.05) is 6.07 Å². The molecule has 0 unspecified atom stereocenters. The molecule has 0 radical (unpaired) electrons. The van der Waals surface area contributed by atoms with Gasteiger partial charge in [0.25, 0.3) is 0 Å². The lowest BCUT2D eigenvalue weighted by Crippen LogP contribution is -2.33. The van der Waals surface area contributed by atoms with Crippen molar-refractivity contribution in [2.45, 2.75) is 23.8 Å². The van der Waals surface area contributed by atoms with E-state index in [1.165, 1.54) is 0 Å². The van der Waals surface area contributed by atoms with E-state index in [0.717, 1.165) is 17.8 Å². The quantitative estimate of drug-likeness (QED) is 0.882. The molecule has 3 rings (SSSR count). The lowest BCUT2D eigenvalue weighted by atomic mass is 10.2. The highest BCUT2D eigenvalue weighted by molar-refractivity contribution is 7.84. The van der Waals surface area contributed by atoms with Crippen molar-refractivity contribution < 1.29 is 9.00 Å². The molecule has 1 aromatic carbocycles. The van der Waals surface area contributed by atoms with Crippen LogP contribution in [0.4, 0.5) is 10.5 Å². The van der Waals surface area contributed by atoms with Crippen molar-refractivity contribution >= 4 is 33.9 Å². The highest BCUT2D eigenvalue weighted by atomic mass is 32.2. The van der Waals surface area contributed by atoms with Gasteiger partial charge in [-0.2, -0.15) is 0 Å². The number of nitrogens with one attached hydrogen (secondary N) is 2. The molecule has 5 nitrogen and oxygen atoms in total. The third kappa shape index (κ3) is 3.72. The van der Waals surface area contributed by atoms with E-state index >= 15 is 0 Å². The first kappa shape index (κ1) is 15.2. The molecule has 1 aromatic heterocycles. The van der Waals surface area contributed by atoms with Crippen LogP contribution in [0, 0.1) is 5.92 Å². The normalized spacial score (nSPS) is 16.8. The van der Waals surface area contributed by atoms with Crippen LogP contribution in [0.15, 0.2) is 40.7 Å². The first-order chi connectivity index (χ1) is 10.6. The number of thiazole rings is 1. The molecule has 0 bridgehead atoms. The van der Waals surface area contributed by atoms with Gasteiger partial charge in [0.15, 0.2) is 0 Å². The standard InChI is InChI=1S/C15H17N3O2S2/c1-22(20)12-4-2-3-11(9-12)17-15(19)18-13(10-5-6-10)14-16-7-8-21-14/h2-4,7-10,13H,5-6H2,1H3,(H2,17,18,19)/t13-,22+/m1/s1. The van der Waals surface area contributed by atoms with Crippen LogP contribution < -0.4 is 10.6 Å². The summed E-state index contributed by atoms with van der Waals surface area (Å²) in [5.41, 5.74) is 0.638. The molecule has 2 aromatic rings. The van der Waals surface area contributed by atoms with E-state index < -0.39 is 10.8 Å². The average Bonchev–Trinajstić information content (AvgIpc) is 3.19. The highest BCUT2D eigenvalue weighted by Gasteiger charge is 2.35. The first-order valence-corrected chi connectivity index (χ1v) is 9.47. The molecule has 0 saturated heterocycles. The van der Waals surface area contributed by atoms with Crippen molar-refractivity contribution in [1.82, 2.24) is 10.3 Å². The van der Waals surface area contributed by atoms with Gasteiger partial charge >= 0.3 is 6.03 Å². The molecule has 1 aliphatic carbocycles. The summed E-state index contributed by atoms with van der Waals surface area (Å²) in [4.78, 5) is 17.2. The lowest BCUT2D eigenvalue weighted by Gasteiger charge is -2.16. The number of hydrogen-bond acceptors (Lipinski definition) is 4. The van der Waals surface area contributed by atoms with Crippen LogP contribution in [0.3, 0.4) is 0 Å². The second-order valence-electron chi connectivity index (χ2n) is 5.27. The second kappa shape index (κ2) is 6.58. The molecule has 0 aliphatic heterocycles. The Morgan fingerprint density at radius 3 is 2.91 bits per heavy atom. The minimum atomic E-state index is -1.07. The minimum Gasteiger partial charge on any atom is -0.328 e. The van der Waals surface area contributed by atoms with Crippen LogP contribution in [-0.2, 0) is 10.8 Å². The smallest absolute Gasteiger partial charge is 0.319 e. The minimum absolute atomic E-state index is 0.0245. The van der Waals surface area contributed by atoms with E-state index in [1.54, 1.807) is 48.1 Å². The summed E-state index contributed by atoms with van der Waals surface area (Å²) in [5.74, 6) is 0.478. The van der Waals surface area contributed by atoms with Crippen LogP contribution in [0.1, 0.15) is 23.9 Å². The van der Waals surface area contributed by atoms with Crippen LogP contribution in [0.25, 0.3) is 0 Å². The summed E-state index contributed by atoms with van der Waals surface area (Å²) in [7, 11) is -1.07. The fourth-order valence-electron chi connectivity index (χ4n) is 2.26. The van der Waals surface area contributed by atoms with Crippen molar-refractivity contribution in [2.75, 3.05) is 11.6 Å². The Balaban J connectivity index is 1.66. The maximum atomic E-state index is 12.2. The van der Waals surface area contributed by atoms with Gasteiger partial charge in [0, 0.05) is 39.2 Å². The van der Waals surface area contributed by atoms with Crippen LogP contribution in [-0.4, -0.2) is 21.5 Å². The number of amides is 2. The van der Waals surface area contributed by atoms with Gasteiger partial charge in [0.1, 0.15) is 5.01 Å². The summed E-state index contributed by atoms with van der Waals surface area (Å²) in [6.07, 6.45) is 5.61. The van der Waals surface area contributed by atoms with Crippen molar-refractivity contribution in [3.05, 3.63) is 40.8 Å². The third-order valence-electron chi connectivity index (χ3n) is 3.52. The van der Waals surface area contributed by atoms with Crippen molar-refractivity contribution in [3.63, 3.8) is 0 Å². The Labute approximate surface area is 135 Å². The van der Waals surface area contributed by atoms with Gasteiger partial charge in [-0.3, -0.25) is 4.21 Å². The lowest BCUT2D eigenvalue weighted by molar-refractivity contribution is 0.247. The van der Waals surface area contributed by atoms with Crippen molar-refractivity contribution in [2.24, 2.45) is 5.92 Å².